The number of hydrogen-bond acceptors (Lipinski definition) is 6. The van der Waals surface area contributed by atoms with Gasteiger partial charge in [-0.25, -0.2) is 4.98 Å². The lowest BCUT2D eigenvalue weighted by molar-refractivity contribution is -0.0168. The lowest BCUT2D eigenvalue weighted by Gasteiger charge is -2.27. The van der Waals surface area contributed by atoms with Crippen LogP contribution in [0.1, 0.15) is 24.8 Å². The zero-order valence-electron chi connectivity index (χ0n) is 19.8. The largest absolute Gasteiger partial charge is 0.493 e. The monoisotopic (exact) mass is 519 g/mol. The molecule has 7 nitrogen and oxygen atoms in total. The van der Waals surface area contributed by atoms with Gasteiger partial charge >= 0.3 is 0 Å². The predicted octanol–water partition coefficient (Wildman–Crippen LogP) is 5.07. The molecule has 1 aliphatic rings. The highest BCUT2D eigenvalue weighted by atomic mass is 35.5. The van der Waals surface area contributed by atoms with Crippen molar-refractivity contribution in [3.63, 3.8) is 0 Å². The molecule has 1 unspecified atom stereocenters. The number of hydrogen-bond donors (Lipinski definition) is 1. The maximum Gasteiger partial charge on any atom is 0.161 e. The average molecular weight is 520 g/mol. The topological polar surface area (TPSA) is 69.0 Å². The van der Waals surface area contributed by atoms with Crippen LogP contribution in [0.4, 0.5) is 0 Å². The summed E-state index contributed by atoms with van der Waals surface area (Å²) in [4.78, 5) is 6.41. The fourth-order valence-corrected chi connectivity index (χ4v) is 4.48. The summed E-state index contributed by atoms with van der Waals surface area (Å²) >= 11 is 12.0. The fourth-order valence-electron chi connectivity index (χ4n) is 4.19. The van der Waals surface area contributed by atoms with Crippen LogP contribution < -0.4 is 14.2 Å². The smallest absolute Gasteiger partial charge is 0.161 e. The number of methoxy groups -OCH3 is 1. The number of benzene rings is 2. The summed E-state index contributed by atoms with van der Waals surface area (Å²) in [5, 5.41) is 12.1. The van der Waals surface area contributed by atoms with Crippen LogP contribution in [0, 0.1) is 0 Å². The Kier molecular flexibility index (Phi) is 8.78. The highest BCUT2D eigenvalue weighted by Crippen LogP contribution is 2.31. The number of aliphatic hydroxyl groups is 1. The molecule has 1 aliphatic heterocycles. The molecule has 0 bridgehead atoms. The van der Waals surface area contributed by atoms with E-state index in [1.165, 1.54) is 0 Å². The molecule has 0 aliphatic carbocycles. The number of imidazole rings is 1. The van der Waals surface area contributed by atoms with Gasteiger partial charge in [0.15, 0.2) is 11.5 Å². The van der Waals surface area contributed by atoms with Gasteiger partial charge in [-0.3, -0.25) is 4.90 Å². The minimum atomic E-state index is -0.887. The Hall–Kier alpha value is -2.45. The zero-order chi connectivity index (χ0) is 24.7. The van der Waals surface area contributed by atoms with Gasteiger partial charge in [0.25, 0.3) is 0 Å². The second kappa shape index (κ2) is 12.0. The van der Waals surface area contributed by atoms with Gasteiger partial charge in [0.05, 0.1) is 35.6 Å². The first-order chi connectivity index (χ1) is 16.9. The Bertz CT molecular complexity index is 1100. The van der Waals surface area contributed by atoms with Gasteiger partial charge in [0.2, 0.25) is 0 Å². The highest BCUT2D eigenvalue weighted by molar-refractivity contribution is 6.42. The van der Waals surface area contributed by atoms with Crippen molar-refractivity contribution in [3.8, 4) is 17.2 Å². The summed E-state index contributed by atoms with van der Waals surface area (Å²) < 4.78 is 19.3. The summed E-state index contributed by atoms with van der Waals surface area (Å²) in [6, 6.07) is 11.2. The molecule has 1 N–H and O–H groups in total. The number of likely N-dealkylation sites (tertiary alicyclic amines) is 1. The van der Waals surface area contributed by atoms with Gasteiger partial charge < -0.3 is 23.9 Å². The van der Waals surface area contributed by atoms with Crippen LogP contribution in [0.2, 0.25) is 10.0 Å². The van der Waals surface area contributed by atoms with E-state index in [9.17, 15) is 5.11 Å². The molecular weight excluding hydrogens is 489 g/mol. The highest BCUT2D eigenvalue weighted by Gasteiger charge is 2.31. The number of nitrogens with zero attached hydrogens (tertiary/aromatic N) is 3. The van der Waals surface area contributed by atoms with Gasteiger partial charge in [-0.2, -0.15) is 0 Å². The standard InChI is InChI=1S/C26H31Cl2N3O4/c1-33-24-6-3-20(15-25(24)34-14-13-31-12-9-29-19-31)17-30-10-2-7-26(32,8-11-30)18-35-21-4-5-22(27)23(28)16-21/h3-6,9,12,15-16,19,32H,2,7-8,10-11,13-14,17-18H2,1H3. The lowest BCUT2D eigenvalue weighted by atomic mass is 9.96. The Balaban J connectivity index is 1.31. The molecule has 2 aromatic carbocycles. The molecule has 9 heteroatoms. The van der Waals surface area contributed by atoms with Crippen LogP contribution in [0.5, 0.6) is 17.2 Å². The average Bonchev–Trinajstić information content (AvgIpc) is 3.30. The molecule has 3 aromatic rings. The number of halogens is 2. The van der Waals surface area contributed by atoms with E-state index < -0.39 is 5.60 Å². The molecule has 4 rings (SSSR count). The summed E-state index contributed by atoms with van der Waals surface area (Å²) in [7, 11) is 1.65. The molecule has 1 saturated heterocycles. The Labute approximate surface area is 216 Å². The van der Waals surface area contributed by atoms with E-state index in [-0.39, 0.29) is 6.61 Å². The van der Waals surface area contributed by atoms with E-state index >= 15 is 0 Å². The third-order valence-electron chi connectivity index (χ3n) is 6.21. The molecule has 0 radical (unpaired) electrons. The first-order valence-corrected chi connectivity index (χ1v) is 12.5. The summed E-state index contributed by atoms with van der Waals surface area (Å²) in [6.45, 7) is 3.89. The molecule has 0 saturated carbocycles. The maximum absolute atomic E-state index is 11.2. The third kappa shape index (κ3) is 7.27. The van der Waals surface area contributed by atoms with Crippen molar-refractivity contribution in [1.29, 1.82) is 0 Å². The molecule has 188 valence electrons. The first-order valence-electron chi connectivity index (χ1n) is 11.7. The van der Waals surface area contributed by atoms with Gasteiger partial charge in [0.1, 0.15) is 19.0 Å². The first kappa shape index (κ1) is 25.6. The van der Waals surface area contributed by atoms with Crippen LogP contribution in [-0.4, -0.2) is 58.6 Å². The fraction of sp³-hybridized carbons (Fsp3) is 0.423. The second-order valence-electron chi connectivity index (χ2n) is 8.85. The van der Waals surface area contributed by atoms with Crippen molar-refractivity contribution >= 4 is 23.2 Å². The summed E-state index contributed by atoms with van der Waals surface area (Å²) in [6.07, 6.45) is 7.61. The van der Waals surface area contributed by atoms with Gasteiger partial charge in [-0.05, 0) is 55.6 Å². The summed E-state index contributed by atoms with van der Waals surface area (Å²) in [5.41, 5.74) is 0.253. The normalized spacial score (nSPS) is 18.7. The summed E-state index contributed by atoms with van der Waals surface area (Å²) in [5.74, 6) is 2.04. The molecule has 1 atom stereocenters. The minimum absolute atomic E-state index is 0.218. The lowest BCUT2D eigenvalue weighted by Crippen LogP contribution is -2.37. The van der Waals surface area contributed by atoms with E-state index in [1.54, 1.807) is 37.8 Å². The molecule has 0 amide bonds. The third-order valence-corrected chi connectivity index (χ3v) is 6.95. The van der Waals surface area contributed by atoms with Crippen molar-refractivity contribution < 1.29 is 19.3 Å². The quantitative estimate of drug-likeness (QED) is 0.403. The Morgan fingerprint density at radius 3 is 2.69 bits per heavy atom. The molecule has 2 heterocycles. The van der Waals surface area contributed by atoms with Gasteiger partial charge in [-0.1, -0.05) is 29.3 Å². The van der Waals surface area contributed by atoms with Gasteiger partial charge in [0, 0.05) is 31.5 Å². The molecule has 1 fully saturated rings. The molecular formula is C26H31Cl2N3O4. The second-order valence-corrected chi connectivity index (χ2v) is 9.67. The van der Waals surface area contributed by atoms with Crippen LogP contribution in [-0.2, 0) is 13.1 Å². The van der Waals surface area contributed by atoms with Crippen molar-refractivity contribution in [2.75, 3.05) is 33.4 Å². The van der Waals surface area contributed by atoms with E-state index in [2.05, 4.69) is 16.0 Å². The van der Waals surface area contributed by atoms with E-state index in [4.69, 9.17) is 37.4 Å². The van der Waals surface area contributed by atoms with Crippen molar-refractivity contribution in [2.24, 2.45) is 0 Å². The van der Waals surface area contributed by atoms with Crippen LogP contribution in [0.3, 0.4) is 0 Å². The molecule has 1 aromatic heterocycles. The molecule has 35 heavy (non-hydrogen) atoms. The van der Waals surface area contributed by atoms with Crippen LogP contribution in [0.15, 0.2) is 55.1 Å². The maximum atomic E-state index is 11.2. The van der Waals surface area contributed by atoms with E-state index in [0.29, 0.717) is 47.5 Å². The molecule has 0 spiro atoms. The van der Waals surface area contributed by atoms with Crippen molar-refractivity contribution in [2.45, 2.75) is 38.0 Å². The Morgan fingerprint density at radius 2 is 1.91 bits per heavy atom. The number of rotatable bonds is 10. The van der Waals surface area contributed by atoms with Crippen LogP contribution >= 0.6 is 23.2 Å². The van der Waals surface area contributed by atoms with E-state index in [1.807, 2.05) is 22.9 Å². The van der Waals surface area contributed by atoms with Crippen molar-refractivity contribution in [3.05, 3.63) is 70.7 Å². The predicted molar refractivity (Wildman–Crippen MR) is 137 cm³/mol. The Morgan fingerprint density at radius 1 is 1.03 bits per heavy atom. The van der Waals surface area contributed by atoms with Crippen molar-refractivity contribution in [1.82, 2.24) is 14.5 Å². The number of ether oxygens (including phenoxy) is 3. The zero-order valence-corrected chi connectivity index (χ0v) is 21.3. The van der Waals surface area contributed by atoms with E-state index in [0.717, 1.165) is 37.4 Å². The SMILES string of the molecule is COc1ccc(CN2CCCC(O)(COc3ccc(Cl)c(Cl)c3)CC2)cc1OCCn1ccnc1. The van der Waals surface area contributed by atoms with Crippen LogP contribution in [0.25, 0.3) is 0 Å². The number of aromatic nitrogens is 2. The van der Waals surface area contributed by atoms with Gasteiger partial charge in [-0.15, -0.1) is 0 Å². The minimum Gasteiger partial charge on any atom is -0.493 e.